The molecular weight excluding hydrogens is 441 g/mol. The maximum Gasteiger partial charge on any atom is 0.348 e. The van der Waals surface area contributed by atoms with Crippen molar-refractivity contribution >= 4 is 35.8 Å². The molecule has 0 bridgehead atoms. The van der Waals surface area contributed by atoms with Gasteiger partial charge in [-0.2, -0.15) is 0 Å². The molecule has 166 valence electrons. The fraction of sp³-hybridized carbons (Fsp3) is 0.240. The molecule has 0 amide bonds. The van der Waals surface area contributed by atoms with Gasteiger partial charge in [0.2, 0.25) is 0 Å². The van der Waals surface area contributed by atoms with Gasteiger partial charge in [0, 0.05) is 11.3 Å². The smallest absolute Gasteiger partial charge is 0.348 e. The van der Waals surface area contributed by atoms with Crippen LogP contribution in [0.15, 0.2) is 48.5 Å². The first-order chi connectivity index (χ1) is 15.2. The lowest BCUT2D eigenvalue weighted by atomic mass is 10.1. The number of aryl methyl sites for hydroxylation is 3. The molecule has 0 radical (unpaired) electrons. The van der Waals surface area contributed by atoms with Gasteiger partial charge in [-0.25, -0.2) is 4.79 Å². The topological polar surface area (TPSA) is 75.6 Å². The minimum Gasteiger partial charge on any atom is -0.477 e. The summed E-state index contributed by atoms with van der Waals surface area (Å²) in [5.74, 6) is 1.46. The molecule has 5 nitrogen and oxygen atoms in total. The lowest BCUT2D eigenvalue weighted by molar-refractivity contribution is 0.0703. The second-order valence-electron chi connectivity index (χ2n) is 7.62. The Balaban J connectivity index is 2.03. The fourth-order valence-corrected chi connectivity index (χ4v) is 6.35. The Morgan fingerprint density at radius 1 is 1.12 bits per heavy atom. The summed E-state index contributed by atoms with van der Waals surface area (Å²) in [5.41, 5.74) is 4.13. The molecular formula is C25H26NO4PS. The number of thiophene rings is 1. The molecule has 0 aliphatic carbocycles. The van der Waals surface area contributed by atoms with E-state index >= 15 is 0 Å². The van der Waals surface area contributed by atoms with Crippen molar-refractivity contribution < 1.29 is 19.0 Å². The van der Waals surface area contributed by atoms with Crippen molar-refractivity contribution in [2.75, 3.05) is 11.7 Å². The first kappa shape index (κ1) is 23.8. The van der Waals surface area contributed by atoms with Crippen molar-refractivity contribution in [3.63, 3.8) is 0 Å². The third-order valence-electron chi connectivity index (χ3n) is 4.94. The molecule has 3 rings (SSSR count). The molecule has 1 heterocycles. The van der Waals surface area contributed by atoms with E-state index in [1.54, 1.807) is 12.1 Å². The van der Waals surface area contributed by atoms with Gasteiger partial charge in [-0.3, -0.25) is 4.57 Å². The molecule has 2 aromatic carbocycles. The molecule has 0 saturated heterocycles. The van der Waals surface area contributed by atoms with Gasteiger partial charge in [-0.15, -0.1) is 23.7 Å². The quantitative estimate of drug-likeness (QED) is 0.216. The third-order valence-corrected chi connectivity index (χ3v) is 8.33. The number of carboxylic acids is 1. The minimum absolute atomic E-state index is 0.0813. The number of anilines is 1. The Bertz CT molecular complexity index is 1210. The third kappa shape index (κ3) is 5.49. The number of nitrogens with one attached hydrogen (secondary N) is 1. The van der Waals surface area contributed by atoms with Gasteiger partial charge >= 0.3 is 13.5 Å². The highest BCUT2D eigenvalue weighted by atomic mass is 32.1. The number of terminal acetylenes is 1. The van der Waals surface area contributed by atoms with E-state index < -0.39 is 13.5 Å². The van der Waals surface area contributed by atoms with Crippen molar-refractivity contribution in [3.05, 3.63) is 70.1 Å². The van der Waals surface area contributed by atoms with Crippen LogP contribution in [0.3, 0.4) is 0 Å². The van der Waals surface area contributed by atoms with Crippen LogP contribution in [0.2, 0.25) is 0 Å². The number of carboxylic acid groups (broad SMARTS) is 1. The van der Waals surface area contributed by atoms with Gasteiger partial charge in [0.25, 0.3) is 0 Å². The second-order valence-corrected chi connectivity index (χ2v) is 10.7. The highest BCUT2D eigenvalue weighted by Crippen LogP contribution is 2.49. The summed E-state index contributed by atoms with van der Waals surface area (Å²) in [4.78, 5) is 12.8. The number of carbonyl (C=O) groups is 1. The normalized spacial score (nSPS) is 12.7. The summed E-state index contributed by atoms with van der Waals surface area (Å²) in [6.45, 7) is 6.01. The van der Waals surface area contributed by atoms with Crippen LogP contribution >= 0.6 is 18.9 Å². The Labute approximate surface area is 193 Å². The number of hydrogen-bond acceptors (Lipinski definition) is 4. The lowest BCUT2D eigenvalue weighted by Crippen LogP contribution is -2.18. The van der Waals surface area contributed by atoms with E-state index in [0.717, 1.165) is 38.5 Å². The molecule has 1 aromatic heterocycles. The molecule has 0 aliphatic heterocycles. The van der Waals surface area contributed by atoms with Crippen molar-refractivity contribution in [2.24, 2.45) is 0 Å². The van der Waals surface area contributed by atoms with Gasteiger partial charge in [0.15, 0.2) is 0 Å². The number of rotatable bonds is 9. The van der Waals surface area contributed by atoms with Crippen molar-refractivity contribution in [1.82, 2.24) is 0 Å². The zero-order chi connectivity index (χ0) is 23.3. The zero-order valence-corrected chi connectivity index (χ0v) is 20.1. The lowest BCUT2D eigenvalue weighted by Gasteiger charge is -2.22. The predicted molar refractivity (Wildman–Crippen MR) is 132 cm³/mol. The summed E-state index contributed by atoms with van der Waals surface area (Å²) < 4.78 is 19.9. The Morgan fingerprint density at radius 2 is 1.81 bits per heavy atom. The van der Waals surface area contributed by atoms with E-state index in [4.69, 9.17) is 10.9 Å². The molecule has 0 spiro atoms. The fourth-order valence-electron chi connectivity index (χ4n) is 3.32. The summed E-state index contributed by atoms with van der Waals surface area (Å²) >= 11 is 1.14. The highest BCUT2D eigenvalue weighted by Gasteiger charge is 2.31. The summed E-state index contributed by atoms with van der Waals surface area (Å²) in [6, 6.07) is 15.1. The molecule has 0 saturated carbocycles. The van der Waals surface area contributed by atoms with Gasteiger partial charge in [-0.05, 0) is 50.5 Å². The van der Waals surface area contributed by atoms with E-state index in [0.29, 0.717) is 18.1 Å². The zero-order valence-electron chi connectivity index (χ0n) is 18.3. The van der Waals surface area contributed by atoms with Crippen LogP contribution in [-0.2, 0) is 9.09 Å². The first-order valence-corrected chi connectivity index (χ1v) is 12.7. The molecule has 3 aromatic rings. The molecule has 0 fully saturated rings. The minimum atomic E-state index is -3.62. The Hall–Kier alpha value is -2.84. The Morgan fingerprint density at radius 3 is 2.44 bits per heavy atom. The van der Waals surface area contributed by atoms with Gasteiger partial charge in [-0.1, -0.05) is 47.5 Å². The van der Waals surface area contributed by atoms with Gasteiger partial charge < -0.3 is 14.7 Å². The monoisotopic (exact) mass is 467 g/mol. The SMILES string of the molecule is C#CCCCOP(=O)(Nc1cc(-c2ccc(C)cc2)sc1C(=O)O)c1ccc(C)cc1C. The van der Waals surface area contributed by atoms with Crippen LogP contribution in [0.25, 0.3) is 10.4 Å². The number of benzene rings is 2. The summed E-state index contributed by atoms with van der Waals surface area (Å²) in [7, 11) is -3.62. The van der Waals surface area contributed by atoms with Crippen molar-refractivity contribution in [2.45, 2.75) is 33.6 Å². The molecule has 1 unspecified atom stereocenters. The standard InChI is InChI=1S/C25H26NO4PS/c1-5-6-7-14-30-31(29,22-13-10-18(3)15-19(22)4)26-21-16-23(32-24(21)25(27)28)20-11-8-17(2)9-12-20/h1,8-13,15-16H,6-7,14H2,2-4H3,(H,26,29)(H,27,28). The van der Waals surface area contributed by atoms with Gasteiger partial charge in [0.05, 0.1) is 17.6 Å². The van der Waals surface area contributed by atoms with Crippen LogP contribution in [0.4, 0.5) is 5.69 Å². The van der Waals surface area contributed by atoms with Crippen LogP contribution in [0, 0.1) is 33.1 Å². The van der Waals surface area contributed by atoms with E-state index in [-0.39, 0.29) is 17.2 Å². The van der Waals surface area contributed by atoms with Crippen LogP contribution < -0.4 is 10.4 Å². The molecule has 7 heteroatoms. The maximum absolute atomic E-state index is 14.1. The van der Waals surface area contributed by atoms with Crippen LogP contribution in [0.1, 0.15) is 39.2 Å². The van der Waals surface area contributed by atoms with E-state index in [2.05, 4.69) is 11.0 Å². The number of aromatic carboxylic acids is 1. The first-order valence-electron chi connectivity index (χ1n) is 10.2. The van der Waals surface area contributed by atoms with Crippen LogP contribution in [-0.4, -0.2) is 17.7 Å². The van der Waals surface area contributed by atoms with Crippen LogP contribution in [0.5, 0.6) is 0 Å². The number of hydrogen-bond donors (Lipinski definition) is 2. The predicted octanol–water partition coefficient (Wildman–Crippen LogP) is 6.40. The van der Waals surface area contributed by atoms with E-state index in [1.807, 2.05) is 57.2 Å². The summed E-state index contributed by atoms with van der Waals surface area (Å²) in [5, 5.41) is 13.3. The highest BCUT2D eigenvalue weighted by molar-refractivity contribution is 7.68. The average Bonchev–Trinajstić information content (AvgIpc) is 3.15. The second kappa shape index (κ2) is 10.2. The average molecular weight is 468 g/mol. The molecule has 1 atom stereocenters. The van der Waals surface area contributed by atoms with Gasteiger partial charge in [0.1, 0.15) is 4.88 Å². The molecule has 2 N–H and O–H groups in total. The van der Waals surface area contributed by atoms with Crippen molar-refractivity contribution in [3.8, 4) is 22.8 Å². The number of unbranched alkanes of at least 4 members (excludes halogenated alkanes) is 1. The summed E-state index contributed by atoms with van der Waals surface area (Å²) in [6.07, 6.45) is 6.38. The Kier molecular flexibility index (Phi) is 7.58. The van der Waals surface area contributed by atoms with E-state index in [1.165, 1.54) is 0 Å². The molecule has 32 heavy (non-hydrogen) atoms. The molecule has 0 aliphatic rings. The largest absolute Gasteiger partial charge is 0.477 e. The van der Waals surface area contributed by atoms with E-state index in [9.17, 15) is 14.5 Å². The maximum atomic E-state index is 14.1. The van der Waals surface area contributed by atoms with Crippen molar-refractivity contribution in [1.29, 1.82) is 0 Å².